The molecule has 2 N–H and O–H groups in total. The Morgan fingerprint density at radius 1 is 1.10 bits per heavy atom. The number of aliphatic carboxylic acids is 1. The molecule has 2 aromatic carbocycles. The number of amides is 2. The van der Waals surface area contributed by atoms with Crippen molar-refractivity contribution in [3.05, 3.63) is 53.6 Å². The van der Waals surface area contributed by atoms with Gasteiger partial charge in [0.25, 0.3) is 5.91 Å². The Bertz CT molecular complexity index is 891. The molecule has 0 aliphatic carbocycles. The first-order valence-corrected chi connectivity index (χ1v) is 9.30. The zero-order chi connectivity index (χ0) is 21.6. The zero-order valence-corrected chi connectivity index (χ0v) is 17.1. The van der Waals surface area contributed by atoms with Crippen molar-refractivity contribution in [2.24, 2.45) is 5.92 Å². The molecule has 0 aliphatic rings. The van der Waals surface area contributed by atoms with Crippen LogP contribution in [0.25, 0.3) is 0 Å². The number of hydrogen-bond donors (Lipinski definition) is 2. The Hall–Kier alpha value is -3.35. The van der Waals surface area contributed by atoms with Crippen LogP contribution >= 0.6 is 0 Å². The number of aryl methyl sites for hydroxylation is 1. The van der Waals surface area contributed by atoms with Crippen LogP contribution in [0.3, 0.4) is 0 Å². The number of carboxylic acid groups (broad SMARTS) is 1. The van der Waals surface area contributed by atoms with Gasteiger partial charge in [0.1, 0.15) is 5.75 Å². The third-order valence-corrected chi connectivity index (χ3v) is 4.23. The second-order valence-corrected chi connectivity index (χ2v) is 7.22. The van der Waals surface area contributed by atoms with E-state index in [-0.39, 0.29) is 17.7 Å². The van der Waals surface area contributed by atoms with Crippen LogP contribution in [-0.2, 0) is 9.59 Å². The number of anilines is 2. The smallest absolute Gasteiger partial charge is 0.341 e. The van der Waals surface area contributed by atoms with Crippen LogP contribution < -0.4 is 15.0 Å². The molecule has 2 amide bonds. The average molecular weight is 398 g/mol. The number of carbonyl (C=O) groups is 3. The largest absolute Gasteiger partial charge is 0.482 e. The van der Waals surface area contributed by atoms with Crippen molar-refractivity contribution in [3.8, 4) is 5.75 Å². The highest BCUT2D eigenvalue weighted by atomic mass is 16.5. The van der Waals surface area contributed by atoms with E-state index in [2.05, 4.69) is 5.32 Å². The van der Waals surface area contributed by atoms with Crippen LogP contribution in [0.4, 0.5) is 11.4 Å². The summed E-state index contributed by atoms with van der Waals surface area (Å²) in [5.74, 6) is -0.627. The standard InChI is InChI=1S/C22H26N2O5/c1-14(2)11-20(25)23-19-10-5-16(12-15(19)3)22(28)24(4)17-6-8-18(9-7-17)29-13-21(26)27/h5-10,12,14H,11,13H2,1-4H3,(H,23,25)(H,26,27). The molecule has 2 aromatic rings. The Morgan fingerprint density at radius 2 is 1.76 bits per heavy atom. The molecule has 0 aromatic heterocycles. The lowest BCUT2D eigenvalue weighted by Gasteiger charge is -2.19. The number of rotatable bonds is 8. The highest BCUT2D eigenvalue weighted by Crippen LogP contribution is 2.22. The topological polar surface area (TPSA) is 95.9 Å². The van der Waals surface area contributed by atoms with Crippen LogP contribution in [0.1, 0.15) is 36.2 Å². The van der Waals surface area contributed by atoms with Gasteiger partial charge in [-0.05, 0) is 60.9 Å². The predicted octanol–water partition coefficient (Wildman–Crippen LogP) is 3.72. The third-order valence-electron chi connectivity index (χ3n) is 4.23. The summed E-state index contributed by atoms with van der Waals surface area (Å²) in [5, 5.41) is 11.5. The molecule has 0 fully saturated rings. The SMILES string of the molecule is Cc1cc(C(=O)N(C)c2ccc(OCC(=O)O)cc2)ccc1NC(=O)CC(C)C. The summed E-state index contributed by atoms with van der Waals surface area (Å²) in [6.45, 7) is 5.38. The van der Waals surface area contributed by atoms with Gasteiger partial charge in [0.2, 0.25) is 5.91 Å². The van der Waals surface area contributed by atoms with Crippen molar-refractivity contribution >= 4 is 29.2 Å². The number of nitrogens with one attached hydrogen (secondary N) is 1. The molecular formula is C22H26N2O5. The molecule has 29 heavy (non-hydrogen) atoms. The van der Waals surface area contributed by atoms with Crippen molar-refractivity contribution < 1.29 is 24.2 Å². The van der Waals surface area contributed by atoms with Gasteiger partial charge < -0.3 is 20.1 Å². The van der Waals surface area contributed by atoms with Crippen LogP contribution in [0.5, 0.6) is 5.75 Å². The maximum atomic E-state index is 12.8. The molecule has 154 valence electrons. The van der Waals surface area contributed by atoms with Gasteiger partial charge in [0.15, 0.2) is 6.61 Å². The molecule has 0 unspecified atom stereocenters. The maximum absolute atomic E-state index is 12.8. The van der Waals surface area contributed by atoms with Gasteiger partial charge in [-0.2, -0.15) is 0 Å². The van der Waals surface area contributed by atoms with Crippen LogP contribution in [0.15, 0.2) is 42.5 Å². The second kappa shape index (κ2) is 9.73. The number of nitrogens with zero attached hydrogens (tertiary/aromatic N) is 1. The van der Waals surface area contributed by atoms with Crippen molar-refractivity contribution in [1.82, 2.24) is 0 Å². The molecule has 0 atom stereocenters. The minimum Gasteiger partial charge on any atom is -0.482 e. The summed E-state index contributed by atoms with van der Waals surface area (Å²) in [5.41, 5.74) is 2.64. The van der Waals surface area contributed by atoms with Gasteiger partial charge >= 0.3 is 5.97 Å². The molecule has 7 heteroatoms. The minimum atomic E-state index is -1.06. The van der Waals surface area contributed by atoms with E-state index in [4.69, 9.17) is 9.84 Å². The number of benzene rings is 2. The Kier molecular flexibility index (Phi) is 7.36. The molecule has 0 saturated heterocycles. The number of hydrogen-bond acceptors (Lipinski definition) is 4. The first-order chi connectivity index (χ1) is 13.7. The van der Waals surface area contributed by atoms with Gasteiger partial charge in [0, 0.05) is 30.4 Å². The van der Waals surface area contributed by atoms with Gasteiger partial charge in [-0.15, -0.1) is 0 Å². The Morgan fingerprint density at radius 3 is 2.31 bits per heavy atom. The van der Waals surface area contributed by atoms with Crippen molar-refractivity contribution in [2.45, 2.75) is 27.2 Å². The molecule has 0 bridgehead atoms. The number of carboxylic acids is 1. The third kappa shape index (κ3) is 6.34. The fourth-order valence-electron chi connectivity index (χ4n) is 2.73. The summed E-state index contributed by atoms with van der Waals surface area (Å²) >= 11 is 0. The fraction of sp³-hybridized carbons (Fsp3) is 0.318. The van der Waals surface area contributed by atoms with E-state index < -0.39 is 12.6 Å². The quantitative estimate of drug-likeness (QED) is 0.706. The number of carbonyl (C=O) groups excluding carboxylic acids is 2. The summed E-state index contributed by atoms with van der Waals surface area (Å²) in [6, 6.07) is 11.7. The van der Waals surface area contributed by atoms with E-state index in [1.807, 2.05) is 20.8 Å². The fourth-order valence-corrected chi connectivity index (χ4v) is 2.73. The van der Waals surface area contributed by atoms with Crippen molar-refractivity contribution in [3.63, 3.8) is 0 Å². The molecule has 0 radical (unpaired) electrons. The minimum absolute atomic E-state index is 0.0514. The molecule has 0 heterocycles. The van der Waals surface area contributed by atoms with Gasteiger partial charge in [-0.3, -0.25) is 9.59 Å². The number of ether oxygens (including phenoxy) is 1. The van der Waals surface area contributed by atoms with E-state index in [1.54, 1.807) is 49.5 Å². The van der Waals surface area contributed by atoms with E-state index in [1.165, 1.54) is 4.90 Å². The van der Waals surface area contributed by atoms with Crippen LogP contribution in [0, 0.1) is 12.8 Å². The summed E-state index contributed by atoms with van der Waals surface area (Å²) in [4.78, 5) is 36.8. The maximum Gasteiger partial charge on any atom is 0.341 e. The van der Waals surface area contributed by atoms with Crippen molar-refractivity contribution in [1.29, 1.82) is 0 Å². The van der Waals surface area contributed by atoms with E-state index in [9.17, 15) is 14.4 Å². The molecular weight excluding hydrogens is 372 g/mol. The predicted molar refractivity (Wildman–Crippen MR) is 112 cm³/mol. The van der Waals surface area contributed by atoms with Gasteiger partial charge in [-0.25, -0.2) is 4.79 Å². The average Bonchev–Trinajstić information content (AvgIpc) is 2.66. The summed E-state index contributed by atoms with van der Waals surface area (Å²) < 4.78 is 5.09. The van der Waals surface area contributed by atoms with E-state index in [0.717, 1.165) is 5.56 Å². The summed E-state index contributed by atoms with van der Waals surface area (Å²) in [6.07, 6.45) is 0.440. The Labute approximate surface area is 170 Å². The lowest BCUT2D eigenvalue weighted by molar-refractivity contribution is -0.139. The monoisotopic (exact) mass is 398 g/mol. The Balaban J connectivity index is 2.08. The second-order valence-electron chi connectivity index (χ2n) is 7.22. The summed E-state index contributed by atoms with van der Waals surface area (Å²) in [7, 11) is 1.66. The van der Waals surface area contributed by atoms with Crippen LogP contribution in [0.2, 0.25) is 0 Å². The van der Waals surface area contributed by atoms with E-state index >= 15 is 0 Å². The van der Waals surface area contributed by atoms with Crippen molar-refractivity contribution in [2.75, 3.05) is 23.9 Å². The highest BCUT2D eigenvalue weighted by molar-refractivity contribution is 6.06. The van der Waals surface area contributed by atoms with Gasteiger partial charge in [-0.1, -0.05) is 13.8 Å². The highest BCUT2D eigenvalue weighted by Gasteiger charge is 2.15. The molecule has 2 rings (SSSR count). The van der Waals surface area contributed by atoms with Crippen LogP contribution in [-0.4, -0.2) is 36.5 Å². The molecule has 0 saturated carbocycles. The normalized spacial score (nSPS) is 10.5. The molecule has 0 spiro atoms. The van der Waals surface area contributed by atoms with E-state index in [0.29, 0.717) is 29.1 Å². The first kappa shape index (κ1) is 21.9. The molecule has 0 aliphatic heterocycles. The molecule has 7 nitrogen and oxygen atoms in total. The lowest BCUT2D eigenvalue weighted by atomic mass is 10.1. The first-order valence-electron chi connectivity index (χ1n) is 9.30. The zero-order valence-electron chi connectivity index (χ0n) is 17.1. The van der Waals surface area contributed by atoms with Gasteiger partial charge in [0.05, 0.1) is 0 Å². The lowest BCUT2D eigenvalue weighted by Crippen LogP contribution is -2.26.